The third-order valence-electron chi connectivity index (χ3n) is 1.93. The van der Waals surface area contributed by atoms with Crippen molar-refractivity contribution in [3.63, 3.8) is 0 Å². The van der Waals surface area contributed by atoms with E-state index in [0.717, 1.165) is 12.8 Å². The zero-order valence-corrected chi connectivity index (χ0v) is 6.38. The molecule has 1 heteroatoms. The van der Waals surface area contributed by atoms with Crippen LogP contribution in [0.3, 0.4) is 0 Å². The van der Waals surface area contributed by atoms with E-state index >= 15 is 0 Å². The van der Waals surface area contributed by atoms with E-state index in [1.165, 1.54) is 5.57 Å². The molecule has 0 bridgehead atoms. The second kappa shape index (κ2) is 3.57. The fourth-order valence-electron chi connectivity index (χ4n) is 1.20. The van der Waals surface area contributed by atoms with Crippen LogP contribution in [-0.2, 0) is 0 Å². The van der Waals surface area contributed by atoms with Gasteiger partial charge in [0.15, 0.2) is 0 Å². The van der Waals surface area contributed by atoms with Crippen LogP contribution in [0.25, 0.3) is 0 Å². The van der Waals surface area contributed by atoms with E-state index < -0.39 is 0 Å². The van der Waals surface area contributed by atoms with E-state index in [-0.39, 0.29) is 0 Å². The summed E-state index contributed by atoms with van der Waals surface area (Å²) in [6, 6.07) is 0. The summed E-state index contributed by atoms with van der Waals surface area (Å²) in [5.74, 6) is 0.531. The first kappa shape index (κ1) is 7.55. The van der Waals surface area contributed by atoms with E-state index in [2.05, 4.69) is 25.2 Å². The SMILES string of the molecule is C[C@@H](CCO)C1=CCC=C1. The predicted octanol–water partition coefficient (Wildman–Crippen LogP) is 1.89. The normalized spacial score (nSPS) is 19.2. The maximum atomic E-state index is 8.65. The molecule has 0 aromatic rings. The number of aliphatic hydroxyl groups excluding tert-OH is 1. The monoisotopic (exact) mass is 138 g/mol. The Morgan fingerprint density at radius 1 is 1.70 bits per heavy atom. The molecule has 10 heavy (non-hydrogen) atoms. The Morgan fingerprint density at radius 2 is 2.50 bits per heavy atom. The largest absolute Gasteiger partial charge is 0.396 e. The van der Waals surface area contributed by atoms with E-state index in [4.69, 9.17) is 5.11 Å². The van der Waals surface area contributed by atoms with Crippen LogP contribution in [0.5, 0.6) is 0 Å². The summed E-state index contributed by atoms with van der Waals surface area (Å²) in [5, 5.41) is 8.65. The highest BCUT2D eigenvalue weighted by Crippen LogP contribution is 2.20. The summed E-state index contributed by atoms with van der Waals surface area (Å²) in [6.07, 6.45) is 8.49. The molecule has 1 atom stereocenters. The van der Waals surface area contributed by atoms with Crippen LogP contribution < -0.4 is 0 Å². The van der Waals surface area contributed by atoms with E-state index in [9.17, 15) is 0 Å². The maximum absolute atomic E-state index is 8.65. The van der Waals surface area contributed by atoms with Crippen molar-refractivity contribution in [2.45, 2.75) is 19.8 Å². The van der Waals surface area contributed by atoms with Crippen molar-refractivity contribution in [2.75, 3.05) is 6.61 Å². The quantitative estimate of drug-likeness (QED) is 0.631. The van der Waals surface area contributed by atoms with E-state index in [1.54, 1.807) is 0 Å². The Kier molecular flexibility index (Phi) is 2.69. The van der Waals surface area contributed by atoms with Crippen molar-refractivity contribution >= 4 is 0 Å². The topological polar surface area (TPSA) is 20.2 Å². The molecule has 0 spiro atoms. The molecule has 0 aromatic heterocycles. The molecule has 1 N–H and O–H groups in total. The fourth-order valence-corrected chi connectivity index (χ4v) is 1.20. The summed E-state index contributed by atoms with van der Waals surface area (Å²) in [7, 11) is 0. The summed E-state index contributed by atoms with van der Waals surface area (Å²) >= 11 is 0. The van der Waals surface area contributed by atoms with E-state index in [1.807, 2.05) is 0 Å². The highest BCUT2D eigenvalue weighted by molar-refractivity contribution is 5.27. The van der Waals surface area contributed by atoms with Gasteiger partial charge in [-0.1, -0.05) is 25.2 Å². The molecule has 1 aliphatic rings. The number of aliphatic hydroxyl groups is 1. The average Bonchev–Trinajstić information content (AvgIpc) is 2.38. The van der Waals surface area contributed by atoms with Gasteiger partial charge in [0.05, 0.1) is 0 Å². The lowest BCUT2D eigenvalue weighted by Crippen LogP contribution is -1.98. The van der Waals surface area contributed by atoms with Gasteiger partial charge >= 0.3 is 0 Å². The molecule has 1 nitrogen and oxygen atoms in total. The van der Waals surface area contributed by atoms with Gasteiger partial charge in [0, 0.05) is 6.61 Å². The zero-order chi connectivity index (χ0) is 7.40. The first-order valence-corrected chi connectivity index (χ1v) is 3.82. The number of rotatable bonds is 3. The molecule has 0 saturated heterocycles. The lowest BCUT2D eigenvalue weighted by molar-refractivity contribution is 0.272. The van der Waals surface area contributed by atoms with Crippen LogP contribution in [-0.4, -0.2) is 11.7 Å². The van der Waals surface area contributed by atoms with Gasteiger partial charge in [0.1, 0.15) is 0 Å². The van der Waals surface area contributed by atoms with E-state index in [0.29, 0.717) is 12.5 Å². The minimum absolute atomic E-state index is 0.298. The molecule has 1 aliphatic carbocycles. The highest BCUT2D eigenvalue weighted by atomic mass is 16.3. The van der Waals surface area contributed by atoms with Crippen LogP contribution in [0.15, 0.2) is 23.8 Å². The standard InChI is InChI=1S/C9H14O/c1-8(6-7-10)9-4-2-3-5-9/h2,4-5,8,10H,3,6-7H2,1H3/t8-/m0/s1. The molecular weight excluding hydrogens is 124 g/mol. The first-order valence-electron chi connectivity index (χ1n) is 3.82. The lowest BCUT2D eigenvalue weighted by Gasteiger charge is -2.07. The Bertz CT molecular complexity index is 156. The Labute approximate surface area is 62.1 Å². The summed E-state index contributed by atoms with van der Waals surface area (Å²) in [4.78, 5) is 0. The lowest BCUT2D eigenvalue weighted by atomic mass is 9.99. The van der Waals surface area contributed by atoms with Crippen LogP contribution in [0, 0.1) is 5.92 Å². The van der Waals surface area contributed by atoms with Gasteiger partial charge in [-0.3, -0.25) is 0 Å². The summed E-state index contributed by atoms with van der Waals surface area (Å²) in [6.45, 7) is 2.45. The minimum atomic E-state index is 0.298. The molecule has 0 heterocycles. The van der Waals surface area contributed by atoms with Crippen LogP contribution in [0.1, 0.15) is 19.8 Å². The van der Waals surface area contributed by atoms with Crippen molar-refractivity contribution in [1.29, 1.82) is 0 Å². The summed E-state index contributed by atoms with van der Waals surface area (Å²) < 4.78 is 0. The van der Waals surface area contributed by atoms with Gasteiger partial charge in [0.2, 0.25) is 0 Å². The van der Waals surface area contributed by atoms with Crippen molar-refractivity contribution in [3.05, 3.63) is 23.8 Å². The minimum Gasteiger partial charge on any atom is -0.396 e. The molecule has 1 rings (SSSR count). The molecular formula is C9H14O. The molecule has 56 valence electrons. The molecule has 0 amide bonds. The van der Waals surface area contributed by atoms with Gasteiger partial charge in [-0.25, -0.2) is 0 Å². The van der Waals surface area contributed by atoms with Gasteiger partial charge in [-0.2, -0.15) is 0 Å². The Balaban J connectivity index is 2.40. The first-order chi connectivity index (χ1) is 4.84. The van der Waals surface area contributed by atoms with Crippen molar-refractivity contribution < 1.29 is 5.11 Å². The van der Waals surface area contributed by atoms with Gasteiger partial charge in [-0.15, -0.1) is 0 Å². The number of hydrogen-bond acceptors (Lipinski definition) is 1. The second-order valence-corrected chi connectivity index (χ2v) is 2.76. The molecule has 0 radical (unpaired) electrons. The number of hydrogen-bond donors (Lipinski definition) is 1. The number of allylic oxidation sites excluding steroid dienone is 4. The van der Waals surface area contributed by atoms with Crippen LogP contribution in [0.2, 0.25) is 0 Å². The van der Waals surface area contributed by atoms with Gasteiger partial charge in [0.25, 0.3) is 0 Å². The smallest absolute Gasteiger partial charge is 0.0436 e. The third-order valence-corrected chi connectivity index (χ3v) is 1.93. The van der Waals surface area contributed by atoms with Gasteiger partial charge in [-0.05, 0) is 24.3 Å². The predicted molar refractivity (Wildman–Crippen MR) is 42.7 cm³/mol. The molecule has 0 saturated carbocycles. The van der Waals surface area contributed by atoms with Crippen LogP contribution >= 0.6 is 0 Å². The maximum Gasteiger partial charge on any atom is 0.0436 e. The Hall–Kier alpha value is -0.560. The third kappa shape index (κ3) is 1.71. The van der Waals surface area contributed by atoms with Crippen molar-refractivity contribution in [1.82, 2.24) is 0 Å². The molecule has 0 aromatic carbocycles. The molecule has 0 fully saturated rings. The highest BCUT2D eigenvalue weighted by Gasteiger charge is 2.06. The van der Waals surface area contributed by atoms with Crippen molar-refractivity contribution in [3.8, 4) is 0 Å². The Morgan fingerprint density at radius 3 is 3.00 bits per heavy atom. The van der Waals surface area contributed by atoms with Gasteiger partial charge < -0.3 is 5.11 Å². The molecule has 0 unspecified atom stereocenters. The second-order valence-electron chi connectivity index (χ2n) is 2.76. The summed E-state index contributed by atoms with van der Waals surface area (Å²) in [5.41, 5.74) is 1.38. The van der Waals surface area contributed by atoms with Crippen LogP contribution in [0.4, 0.5) is 0 Å². The average molecular weight is 138 g/mol. The zero-order valence-electron chi connectivity index (χ0n) is 6.38. The fraction of sp³-hybridized carbons (Fsp3) is 0.556. The van der Waals surface area contributed by atoms with Crippen molar-refractivity contribution in [2.24, 2.45) is 5.92 Å². The molecule has 0 aliphatic heterocycles.